The third kappa shape index (κ3) is 15.4. The summed E-state index contributed by atoms with van der Waals surface area (Å²) in [5.41, 5.74) is 21.8. The largest absolute Gasteiger partial charge is 0.481 e. The van der Waals surface area contributed by atoms with Crippen molar-refractivity contribution in [2.45, 2.75) is 88.4 Å². The summed E-state index contributed by atoms with van der Waals surface area (Å²) in [6, 6.07) is -4.96. The number of nitrogens with two attached hydrogens (primary N) is 4. The molecule has 0 rings (SSSR count). The maximum Gasteiger partial charge on any atom is 0.326 e. The number of rotatable bonds is 21. The molecule has 4 unspecified atom stereocenters. The number of aliphatic carboxylic acids is 2. The molecule has 15 nitrogen and oxygen atoms in total. The van der Waals surface area contributed by atoms with E-state index in [2.05, 4.69) is 16.0 Å². The average Bonchev–Trinajstić information content (AvgIpc) is 2.82. The molecule has 0 radical (unpaired) electrons. The summed E-state index contributed by atoms with van der Waals surface area (Å²) in [6.45, 7) is 0.764. The summed E-state index contributed by atoms with van der Waals surface area (Å²) in [4.78, 5) is 72.2. The quantitative estimate of drug-likeness (QED) is 0.0683. The van der Waals surface area contributed by atoms with Gasteiger partial charge in [-0.2, -0.15) is 0 Å². The van der Waals surface area contributed by atoms with E-state index in [1.54, 1.807) is 0 Å². The van der Waals surface area contributed by atoms with Gasteiger partial charge in [-0.3, -0.25) is 24.0 Å². The number of carbonyl (C=O) groups is 6. The second-order valence-electron chi connectivity index (χ2n) is 8.63. The van der Waals surface area contributed by atoms with Crippen LogP contribution in [0.15, 0.2) is 0 Å². The maximum absolute atomic E-state index is 13.0. The van der Waals surface area contributed by atoms with Gasteiger partial charge in [0.1, 0.15) is 18.1 Å². The molecule has 212 valence electrons. The molecule has 0 saturated carbocycles. The summed E-state index contributed by atoms with van der Waals surface area (Å²) in [5.74, 6) is -5.74. The SMILES string of the molecule is NCCCCC(N)C(=O)NC(CCC(=O)O)C(=O)NC(CCC(N)=O)C(=O)NC(CCCCN)C(=O)O. The highest BCUT2D eigenvalue weighted by atomic mass is 16.4. The van der Waals surface area contributed by atoms with Crippen LogP contribution in [0.3, 0.4) is 0 Å². The molecule has 0 heterocycles. The molecule has 0 aliphatic carbocycles. The Bertz CT molecular complexity index is 780. The number of unbranched alkanes of at least 4 members (excludes halogenated alkanes) is 2. The minimum atomic E-state index is -1.38. The number of carboxylic acids is 2. The molecule has 15 heteroatoms. The first kappa shape index (κ1) is 33.7. The summed E-state index contributed by atoms with van der Waals surface area (Å²) in [6.07, 6.45) is 1.25. The zero-order valence-corrected chi connectivity index (χ0v) is 20.9. The lowest BCUT2D eigenvalue weighted by Gasteiger charge is -2.25. The molecule has 0 aromatic rings. The van der Waals surface area contributed by atoms with E-state index >= 15 is 0 Å². The van der Waals surface area contributed by atoms with Gasteiger partial charge >= 0.3 is 11.9 Å². The molecule has 0 saturated heterocycles. The summed E-state index contributed by atoms with van der Waals surface area (Å²) >= 11 is 0. The molecule has 4 amide bonds. The number of hydrogen-bond acceptors (Lipinski definition) is 9. The van der Waals surface area contributed by atoms with Gasteiger partial charge in [0.15, 0.2) is 0 Å². The van der Waals surface area contributed by atoms with Gasteiger partial charge < -0.3 is 49.1 Å². The van der Waals surface area contributed by atoms with E-state index in [9.17, 15) is 33.9 Å². The molecule has 37 heavy (non-hydrogen) atoms. The predicted molar refractivity (Wildman–Crippen MR) is 133 cm³/mol. The van der Waals surface area contributed by atoms with Gasteiger partial charge in [-0.05, 0) is 58.0 Å². The zero-order chi connectivity index (χ0) is 28.4. The van der Waals surface area contributed by atoms with Gasteiger partial charge in [0.2, 0.25) is 23.6 Å². The Labute approximate surface area is 215 Å². The Kier molecular flexibility index (Phi) is 17.2. The minimum absolute atomic E-state index is 0.0914. The van der Waals surface area contributed by atoms with E-state index in [4.69, 9.17) is 28.0 Å². The molecule has 0 aliphatic rings. The van der Waals surface area contributed by atoms with Crippen LogP contribution in [0.5, 0.6) is 0 Å². The highest BCUT2D eigenvalue weighted by molar-refractivity contribution is 5.94. The Hall–Kier alpha value is -3.30. The fourth-order valence-corrected chi connectivity index (χ4v) is 3.31. The van der Waals surface area contributed by atoms with Crippen molar-refractivity contribution in [3.63, 3.8) is 0 Å². The second kappa shape index (κ2) is 18.9. The Morgan fingerprint density at radius 2 is 1.08 bits per heavy atom. The molecule has 0 aliphatic heterocycles. The van der Waals surface area contributed by atoms with Crippen molar-refractivity contribution in [1.82, 2.24) is 16.0 Å². The lowest BCUT2D eigenvalue weighted by molar-refractivity contribution is -0.142. The zero-order valence-electron chi connectivity index (χ0n) is 20.9. The summed E-state index contributed by atoms with van der Waals surface area (Å²) in [5, 5.41) is 25.5. The topological polar surface area (TPSA) is 283 Å². The van der Waals surface area contributed by atoms with Crippen molar-refractivity contribution in [3.05, 3.63) is 0 Å². The lowest BCUT2D eigenvalue weighted by atomic mass is 10.0. The third-order valence-corrected chi connectivity index (χ3v) is 5.46. The fourth-order valence-electron chi connectivity index (χ4n) is 3.31. The van der Waals surface area contributed by atoms with E-state index in [-0.39, 0.29) is 25.7 Å². The van der Waals surface area contributed by atoms with Crippen LogP contribution >= 0.6 is 0 Å². The van der Waals surface area contributed by atoms with E-state index in [1.165, 1.54) is 0 Å². The molecule has 0 fully saturated rings. The highest BCUT2D eigenvalue weighted by Crippen LogP contribution is 2.07. The Morgan fingerprint density at radius 1 is 0.622 bits per heavy atom. The van der Waals surface area contributed by atoms with Crippen molar-refractivity contribution in [3.8, 4) is 0 Å². The van der Waals surface area contributed by atoms with Gasteiger partial charge in [-0.15, -0.1) is 0 Å². The maximum atomic E-state index is 13.0. The summed E-state index contributed by atoms with van der Waals surface area (Å²) < 4.78 is 0. The molecule has 13 N–H and O–H groups in total. The van der Waals surface area contributed by atoms with Crippen molar-refractivity contribution >= 4 is 35.6 Å². The van der Waals surface area contributed by atoms with Crippen LogP contribution in [0.2, 0.25) is 0 Å². The van der Waals surface area contributed by atoms with Gasteiger partial charge in [0, 0.05) is 12.8 Å². The van der Waals surface area contributed by atoms with Crippen LogP contribution in [-0.4, -0.2) is 83.0 Å². The van der Waals surface area contributed by atoms with Crippen LogP contribution in [0, 0.1) is 0 Å². The average molecular weight is 532 g/mol. The predicted octanol–water partition coefficient (Wildman–Crippen LogP) is -2.76. The first-order valence-electron chi connectivity index (χ1n) is 12.2. The van der Waals surface area contributed by atoms with E-state index in [0.29, 0.717) is 45.2 Å². The van der Waals surface area contributed by atoms with Gasteiger partial charge in [-0.1, -0.05) is 6.42 Å². The number of primary amides is 1. The first-order valence-corrected chi connectivity index (χ1v) is 12.2. The van der Waals surface area contributed by atoms with Crippen LogP contribution in [0.4, 0.5) is 0 Å². The first-order chi connectivity index (χ1) is 17.4. The number of amides is 4. The molecule has 0 aromatic heterocycles. The van der Waals surface area contributed by atoms with Gasteiger partial charge in [0.05, 0.1) is 6.04 Å². The molecular weight excluding hydrogens is 490 g/mol. The monoisotopic (exact) mass is 531 g/mol. The summed E-state index contributed by atoms with van der Waals surface area (Å²) in [7, 11) is 0. The van der Waals surface area contributed by atoms with E-state index in [1.807, 2.05) is 0 Å². The van der Waals surface area contributed by atoms with E-state index in [0.717, 1.165) is 0 Å². The number of hydrogen-bond donors (Lipinski definition) is 9. The van der Waals surface area contributed by atoms with Crippen molar-refractivity contribution in [2.75, 3.05) is 13.1 Å². The molecular formula is C22H41N7O8. The standard InChI is InChI=1S/C22H41N7O8/c23-11-3-1-5-13(25)19(33)27-15(8-10-18(31)32)20(34)28-14(7-9-17(26)30)21(35)29-16(22(36)37)6-2-4-12-24/h13-16H,1-12,23-25H2,(H2,26,30)(H,27,33)(H,28,34)(H,29,35)(H,31,32)(H,36,37). The Balaban J connectivity index is 5.54. The highest BCUT2D eigenvalue weighted by Gasteiger charge is 2.30. The van der Waals surface area contributed by atoms with Crippen molar-refractivity contribution < 1.29 is 39.0 Å². The van der Waals surface area contributed by atoms with Crippen molar-refractivity contribution in [1.29, 1.82) is 0 Å². The van der Waals surface area contributed by atoms with E-state index < -0.39 is 66.2 Å². The molecule has 0 bridgehead atoms. The van der Waals surface area contributed by atoms with Gasteiger partial charge in [0.25, 0.3) is 0 Å². The minimum Gasteiger partial charge on any atom is -0.481 e. The van der Waals surface area contributed by atoms with Crippen LogP contribution in [-0.2, 0) is 28.8 Å². The molecule has 4 atom stereocenters. The number of nitrogens with one attached hydrogen (secondary N) is 3. The number of carboxylic acid groups (broad SMARTS) is 2. The normalized spacial score (nSPS) is 14.0. The second-order valence-corrected chi connectivity index (χ2v) is 8.63. The fraction of sp³-hybridized carbons (Fsp3) is 0.727. The van der Waals surface area contributed by atoms with Gasteiger partial charge in [-0.25, -0.2) is 4.79 Å². The molecule has 0 aromatic carbocycles. The van der Waals surface area contributed by atoms with Crippen molar-refractivity contribution in [2.24, 2.45) is 22.9 Å². The Morgan fingerprint density at radius 3 is 1.54 bits per heavy atom. The lowest BCUT2D eigenvalue weighted by Crippen LogP contribution is -2.57. The molecule has 0 spiro atoms. The van der Waals surface area contributed by atoms with Crippen LogP contribution in [0.25, 0.3) is 0 Å². The number of carbonyl (C=O) groups excluding carboxylic acids is 4. The van der Waals surface area contributed by atoms with Crippen LogP contribution in [0.1, 0.15) is 64.2 Å². The smallest absolute Gasteiger partial charge is 0.326 e. The van der Waals surface area contributed by atoms with Crippen LogP contribution < -0.4 is 38.9 Å². The third-order valence-electron chi connectivity index (χ3n) is 5.46.